The Morgan fingerprint density at radius 1 is 1.30 bits per heavy atom. The number of ether oxygens (including phenoxy) is 1. The number of carbonyl (C=O) groups excluding carboxylic acids is 1. The van der Waals surface area contributed by atoms with Crippen molar-refractivity contribution in [2.24, 2.45) is 5.92 Å². The Hall–Kier alpha value is -1.81. The summed E-state index contributed by atoms with van der Waals surface area (Å²) in [4.78, 5) is 14.5. The third-order valence-electron chi connectivity index (χ3n) is 4.28. The van der Waals surface area contributed by atoms with Crippen molar-refractivity contribution in [2.45, 2.75) is 33.1 Å². The van der Waals surface area contributed by atoms with Crippen LogP contribution < -0.4 is 10.1 Å². The van der Waals surface area contributed by atoms with E-state index in [0.717, 1.165) is 43.9 Å². The molecule has 4 nitrogen and oxygen atoms in total. The maximum absolute atomic E-state index is 12.2. The average molecular weight is 316 g/mol. The van der Waals surface area contributed by atoms with Crippen LogP contribution in [0.3, 0.4) is 0 Å². The molecule has 0 radical (unpaired) electrons. The van der Waals surface area contributed by atoms with Gasteiger partial charge in [0.15, 0.2) is 0 Å². The third-order valence-corrected chi connectivity index (χ3v) is 4.28. The summed E-state index contributed by atoms with van der Waals surface area (Å²) in [6.45, 7) is 7.85. The molecule has 23 heavy (non-hydrogen) atoms. The van der Waals surface area contributed by atoms with Gasteiger partial charge in [-0.2, -0.15) is 0 Å². The molecule has 0 saturated carbocycles. The number of allylic oxidation sites excluding steroid dienone is 2. The summed E-state index contributed by atoms with van der Waals surface area (Å²) in [6, 6.07) is 7.66. The largest absolute Gasteiger partial charge is 0.490 e. The second kappa shape index (κ2) is 9.36. The number of hydrogen-bond acceptors (Lipinski definition) is 3. The van der Waals surface area contributed by atoms with E-state index < -0.39 is 0 Å². The Balaban J connectivity index is 1.86. The van der Waals surface area contributed by atoms with Crippen molar-refractivity contribution in [1.29, 1.82) is 0 Å². The number of nitrogens with one attached hydrogen (secondary N) is 1. The van der Waals surface area contributed by atoms with Crippen molar-refractivity contribution < 1.29 is 9.53 Å². The SMILES string of the molecule is CCN(CC)CCOc1ccccc1NC(=O)CC1C=CCC1. The van der Waals surface area contributed by atoms with Crippen LogP contribution in [0.25, 0.3) is 0 Å². The van der Waals surface area contributed by atoms with Gasteiger partial charge in [-0.05, 0) is 44.0 Å². The number of likely N-dealkylation sites (N-methyl/N-ethyl adjacent to an activating group) is 1. The van der Waals surface area contributed by atoms with Crippen molar-refractivity contribution in [2.75, 3.05) is 31.6 Å². The molecule has 4 heteroatoms. The Labute approximate surface area is 139 Å². The zero-order chi connectivity index (χ0) is 16.5. The van der Waals surface area contributed by atoms with E-state index >= 15 is 0 Å². The number of benzene rings is 1. The van der Waals surface area contributed by atoms with E-state index in [0.29, 0.717) is 18.9 Å². The minimum Gasteiger partial charge on any atom is -0.490 e. The highest BCUT2D eigenvalue weighted by Gasteiger charge is 2.15. The van der Waals surface area contributed by atoms with Gasteiger partial charge in [-0.3, -0.25) is 4.79 Å². The van der Waals surface area contributed by atoms with Gasteiger partial charge in [0.1, 0.15) is 12.4 Å². The quantitative estimate of drug-likeness (QED) is 0.706. The number of hydrogen-bond donors (Lipinski definition) is 1. The van der Waals surface area contributed by atoms with Gasteiger partial charge in [0, 0.05) is 13.0 Å². The first-order valence-electron chi connectivity index (χ1n) is 8.63. The minimum absolute atomic E-state index is 0.0568. The molecule has 0 bridgehead atoms. The van der Waals surface area contributed by atoms with Crippen LogP contribution in [0.15, 0.2) is 36.4 Å². The lowest BCUT2D eigenvalue weighted by Gasteiger charge is -2.19. The van der Waals surface area contributed by atoms with Gasteiger partial charge in [-0.25, -0.2) is 0 Å². The van der Waals surface area contributed by atoms with Gasteiger partial charge >= 0.3 is 0 Å². The van der Waals surface area contributed by atoms with Crippen molar-refractivity contribution >= 4 is 11.6 Å². The van der Waals surface area contributed by atoms with Crippen LogP contribution in [-0.4, -0.2) is 37.0 Å². The van der Waals surface area contributed by atoms with Crippen LogP contribution in [0.5, 0.6) is 5.75 Å². The fourth-order valence-corrected chi connectivity index (χ4v) is 2.82. The first-order valence-corrected chi connectivity index (χ1v) is 8.63. The maximum Gasteiger partial charge on any atom is 0.225 e. The van der Waals surface area contributed by atoms with Crippen molar-refractivity contribution in [3.05, 3.63) is 36.4 Å². The minimum atomic E-state index is 0.0568. The molecule has 1 atom stereocenters. The molecule has 0 spiro atoms. The predicted molar refractivity (Wildman–Crippen MR) is 94.8 cm³/mol. The molecular weight excluding hydrogens is 288 g/mol. The van der Waals surface area contributed by atoms with Crippen molar-refractivity contribution in [3.8, 4) is 5.75 Å². The number of amides is 1. The lowest BCUT2D eigenvalue weighted by Crippen LogP contribution is -2.28. The smallest absolute Gasteiger partial charge is 0.225 e. The van der Waals surface area contributed by atoms with Crippen LogP contribution in [0.1, 0.15) is 33.1 Å². The maximum atomic E-state index is 12.2. The van der Waals surface area contributed by atoms with Gasteiger partial charge < -0.3 is 15.0 Å². The molecule has 0 aromatic heterocycles. The summed E-state index contributed by atoms with van der Waals surface area (Å²) in [5, 5.41) is 2.99. The Kier molecular flexibility index (Phi) is 7.14. The lowest BCUT2D eigenvalue weighted by atomic mass is 10.1. The monoisotopic (exact) mass is 316 g/mol. The van der Waals surface area contributed by atoms with Gasteiger partial charge in [0.25, 0.3) is 0 Å². The summed E-state index contributed by atoms with van der Waals surface area (Å²) >= 11 is 0. The van der Waals surface area contributed by atoms with Crippen molar-refractivity contribution in [3.63, 3.8) is 0 Å². The van der Waals surface area contributed by atoms with Gasteiger partial charge in [0.05, 0.1) is 5.69 Å². The fourth-order valence-electron chi connectivity index (χ4n) is 2.82. The van der Waals surface area contributed by atoms with Gasteiger partial charge in [-0.15, -0.1) is 0 Å². The number of nitrogens with zero attached hydrogens (tertiary/aromatic N) is 1. The molecule has 0 fully saturated rings. The molecule has 0 saturated heterocycles. The van der Waals surface area contributed by atoms with Gasteiger partial charge in [-0.1, -0.05) is 38.1 Å². The number of carbonyl (C=O) groups is 1. The molecule has 1 unspecified atom stereocenters. The van der Waals surface area contributed by atoms with Crippen LogP contribution in [0, 0.1) is 5.92 Å². The Bertz CT molecular complexity index is 524. The fraction of sp³-hybridized carbons (Fsp3) is 0.526. The summed E-state index contributed by atoms with van der Waals surface area (Å²) in [6.07, 6.45) is 7.01. The third kappa shape index (κ3) is 5.71. The van der Waals surface area contributed by atoms with Crippen LogP contribution in [0.4, 0.5) is 5.69 Å². The summed E-state index contributed by atoms with van der Waals surface area (Å²) < 4.78 is 5.87. The van der Waals surface area contributed by atoms with E-state index in [4.69, 9.17) is 4.74 Å². The molecular formula is C19H28N2O2. The van der Waals surface area contributed by atoms with Crippen LogP contribution >= 0.6 is 0 Å². The van der Waals surface area contributed by atoms with Crippen LogP contribution in [0.2, 0.25) is 0 Å². The molecule has 126 valence electrons. The van der Waals surface area contributed by atoms with E-state index in [-0.39, 0.29) is 5.91 Å². The highest BCUT2D eigenvalue weighted by Crippen LogP contribution is 2.25. The second-order valence-corrected chi connectivity index (χ2v) is 5.89. The zero-order valence-electron chi connectivity index (χ0n) is 14.3. The molecule has 2 rings (SSSR count). The highest BCUT2D eigenvalue weighted by atomic mass is 16.5. The zero-order valence-corrected chi connectivity index (χ0v) is 14.3. The Morgan fingerprint density at radius 3 is 2.78 bits per heavy atom. The summed E-state index contributed by atoms with van der Waals surface area (Å²) in [5.74, 6) is 1.18. The standard InChI is InChI=1S/C19H28N2O2/c1-3-21(4-2)13-14-23-18-12-8-7-11-17(18)20-19(22)15-16-9-5-6-10-16/h5,7-9,11-12,16H,3-4,6,10,13-15H2,1-2H3,(H,20,22). The topological polar surface area (TPSA) is 41.6 Å². The van der Waals surface area contributed by atoms with E-state index in [9.17, 15) is 4.79 Å². The Morgan fingerprint density at radius 2 is 2.09 bits per heavy atom. The van der Waals surface area contributed by atoms with E-state index in [1.54, 1.807) is 0 Å². The lowest BCUT2D eigenvalue weighted by molar-refractivity contribution is -0.116. The normalized spacial score (nSPS) is 16.7. The predicted octanol–water partition coefficient (Wildman–Crippen LogP) is 3.70. The molecule has 0 aliphatic heterocycles. The van der Waals surface area contributed by atoms with Crippen molar-refractivity contribution in [1.82, 2.24) is 4.90 Å². The molecule has 1 aliphatic carbocycles. The molecule has 1 aromatic carbocycles. The van der Waals surface area contributed by atoms with E-state index in [2.05, 4.69) is 36.2 Å². The first kappa shape index (κ1) is 17.5. The van der Waals surface area contributed by atoms with Crippen LogP contribution in [-0.2, 0) is 4.79 Å². The van der Waals surface area contributed by atoms with Gasteiger partial charge in [0.2, 0.25) is 5.91 Å². The summed E-state index contributed by atoms with van der Waals surface area (Å²) in [7, 11) is 0. The molecule has 1 aromatic rings. The highest BCUT2D eigenvalue weighted by molar-refractivity contribution is 5.92. The number of para-hydroxylation sites is 2. The first-order chi connectivity index (χ1) is 11.2. The summed E-state index contributed by atoms with van der Waals surface area (Å²) in [5.41, 5.74) is 0.763. The molecule has 1 aliphatic rings. The van der Waals surface area contributed by atoms with E-state index in [1.807, 2.05) is 24.3 Å². The second-order valence-electron chi connectivity index (χ2n) is 5.89. The molecule has 1 amide bonds. The number of rotatable bonds is 9. The average Bonchev–Trinajstić information content (AvgIpc) is 3.06. The molecule has 0 heterocycles. The number of anilines is 1. The van der Waals surface area contributed by atoms with E-state index in [1.165, 1.54) is 0 Å². The molecule has 1 N–H and O–H groups in total.